The fourth-order valence-corrected chi connectivity index (χ4v) is 2.63. The molecular formula is C16H17IO. The maximum Gasteiger partial charge on any atom is 0.0830 e. The minimum absolute atomic E-state index is 0.430. The largest absolute Gasteiger partial charge is 0.388 e. The minimum Gasteiger partial charge on any atom is -0.388 e. The Balaban J connectivity index is 2.21. The molecule has 0 fully saturated rings. The van der Waals surface area contributed by atoms with Crippen molar-refractivity contribution in [2.24, 2.45) is 0 Å². The van der Waals surface area contributed by atoms with Gasteiger partial charge in [0.1, 0.15) is 0 Å². The van der Waals surface area contributed by atoms with E-state index in [0.717, 1.165) is 9.13 Å². The third-order valence-corrected chi connectivity index (χ3v) is 3.82. The molecule has 2 heteroatoms. The van der Waals surface area contributed by atoms with Crippen LogP contribution in [0.4, 0.5) is 0 Å². The predicted molar refractivity (Wildman–Crippen MR) is 83.7 cm³/mol. The molecule has 0 bridgehead atoms. The van der Waals surface area contributed by atoms with Crippen LogP contribution in [0.1, 0.15) is 28.4 Å². The van der Waals surface area contributed by atoms with Crippen LogP contribution in [0.3, 0.4) is 0 Å². The summed E-state index contributed by atoms with van der Waals surface area (Å²) in [6, 6.07) is 14.4. The molecule has 2 aromatic carbocycles. The summed E-state index contributed by atoms with van der Waals surface area (Å²) in [4.78, 5) is 0. The van der Waals surface area contributed by atoms with E-state index in [1.807, 2.05) is 24.3 Å². The van der Waals surface area contributed by atoms with Gasteiger partial charge in [-0.05, 0) is 65.3 Å². The molecule has 0 radical (unpaired) electrons. The maximum absolute atomic E-state index is 10.3. The van der Waals surface area contributed by atoms with Gasteiger partial charge in [-0.1, -0.05) is 35.9 Å². The summed E-state index contributed by atoms with van der Waals surface area (Å²) >= 11 is 2.27. The Labute approximate surface area is 122 Å². The third-order valence-electron chi connectivity index (χ3n) is 3.15. The van der Waals surface area contributed by atoms with Gasteiger partial charge in [0.25, 0.3) is 0 Å². The lowest BCUT2D eigenvalue weighted by molar-refractivity contribution is 0.178. The van der Waals surface area contributed by atoms with Gasteiger partial charge in [-0.3, -0.25) is 0 Å². The first-order chi connectivity index (χ1) is 8.56. The first-order valence-corrected chi connectivity index (χ1v) is 7.14. The van der Waals surface area contributed by atoms with Gasteiger partial charge in [-0.25, -0.2) is 0 Å². The van der Waals surface area contributed by atoms with Gasteiger partial charge in [-0.2, -0.15) is 0 Å². The Morgan fingerprint density at radius 2 is 1.89 bits per heavy atom. The van der Waals surface area contributed by atoms with Crippen molar-refractivity contribution in [2.45, 2.75) is 26.4 Å². The summed E-state index contributed by atoms with van der Waals surface area (Å²) in [7, 11) is 0. The molecule has 0 aliphatic rings. The number of benzene rings is 2. The van der Waals surface area contributed by atoms with Gasteiger partial charge in [0.2, 0.25) is 0 Å². The highest BCUT2D eigenvalue weighted by molar-refractivity contribution is 14.1. The van der Waals surface area contributed by atoms with E-state index in [4.69, 9.17) is 0 Å². The third kappa shape index (κ3) is 3.33. The van der Waals surface area contributed by atoms with Crippen LogP contribution in [0.5, 0.6) is 0 Å². The van der Waals surface area contributed by atoms with Gasteiger partial charge in [-0.15, -0.1) is 0 Å². The Bertz CT molecular complexity index is 549. The Hall–Kier alpha value is -0.870. The molecule has 1 N–H and O–H groups in total. The van der Waals surface area contributed by atoms with Crippen LogP contribution >= 0.6 is 22.6 Å². The van der Waals surface area contributed by atoms with Crippen molar-refractivity contribution < 1.29 is 5.11 Å². The van der Waals surface area contributed by atoms with E-state index in [9.17, 15) is 5.11 Å². The second-order valence-corrected chi connectivity index (χ2v) is 5.95. The van der Waals surface area contributed by atoms with Crippen molar-refractivity contribution in [1.29, 1.82) is 0 Å². The molecule has 0 aromatic heterocycles. The predicted octanol–water partition coefficient (Wildman–Crippen LogP) is 4.18. The molecule has 2 aromatic rings. The number of aliphatic hydroxyl groups is 1. The van der Waals surface area contributed by atoms with Gasteiger partial charge in [0, 0.05) is 9.99 Å². The minimum atomic E-state index is -0.430. The first-order valence-electron chi connectivity index (χ1n) is 6.06. The van der Waals surface area contributed by atoms with E-state index >= 15 is 0 Å². The normalized spacial score (nSPS) is 12.4. The molecule has 0 spiro atoms. The topological polar surface area (TPSA) is 20.2 Å². The lowest BCUT2D eigenvalue weighted by atomic mass is 9.97. The maximum atomic E-state index is 10.3. The smallest absolute Gasteiger partial charge is 0.0830 e. The lowest BCUT2D eigenvalue weighted by Crippen LogP contribution is -2.03. The zero-order valence-electron chi connectivity index (χ0n) is 10.7. The van der Waals surface area contributed by atoms with Gasteiger partial charge < -0.3 is 5.11 Å². The molecule has 2 rings (SSSR count). The average Bonchev–Trinajstić information content (AvgIpc) is 2.34. The molecule has 0 aliphatic carbocycles. The molecular weight excluding hydrogens is 335 g/mol. The van der Waals surface area contributed by atoms with Crippen LogP contribution in [0.15, 0.2) is 42.5 Å². The molecule has 94 valence electrons. The fraction of sp³-hybridized carbons (Fsp3) is 0.250. The van der Waals surface area contributed by atoms with Gasteiger partial charge in [0.15, 0.2) is 0 Å². The van der Waals surface area contributed by atoms with Crippen LogP contribution in [-0.4, -0.2) is 5.11 Å². The zero-order chi connectivity index (χ0) is 13.1. The quantitative estimate of drug-likeness (QED) is 0.822. The van der Waals surface area contributed by atoms with Crippen LogP contribution < -0.4 is 0 Å². The standard InChI is InChI=1S/C16H17IO/c1-11-6-7-12(2)14(8-11)10-16(18)13-4-3-5-15(17)9-13/h3-9,16,18H,10H2,1-2H3. The Morgan fingerprint density at radius 3 is 2.61 bits per heavy atom. The molecule has 0 saturated carbocycles. The van der Waals surface area contributed by atoms with E-state index < -0.39 is 6.10 Å². The molecule has 1 nitrogen and oxygen atoms in total. The average molecular weight is 352 g/mol. The molecule has 1 unspecified atom stereocenters. The molecule has 18 heavy (non-hydrogen) atoms. The van der Waals surface area contributed by atoms with E-state index in [1.165, 1.54) is 16.7 Å². The monoisotopic (exact) mass is 352 g/mol. The Morgan fingerprint density at radius 1 is 1.11 bits per heavy atom. The molecule has 0 saturated heterocycles. The molecule has 0 aliphatic heterocycles. The lowest BCUT2D eigenvalue weighted by Gasteiger charge is -2.14. The van der Waals surface area contributed by atoms with Crippen LogP contribution in [-0.2, 0) is 6.42 Å². The second kappa shape index (κ2) is 5.85. The van der Waals surface area contributed by atoms with Gasteiger partial charge >= 0.3 is 0 Å². The number of hydrogen-bond donors (Lipinski definition) is 1. The van der Waals surface area contributed by atoms with E-state index in [1.54, 1.807) is 0 Å². The van der Waals surface area contributed by atoms with Crippen LogP contribution in [0, 0.1) is 17.4 Å². The SMILES string of the molecule is Cc1ccc(C)c(CC(O)c2cccc(I)c2)c1. The summed E-state index contributed by atoms with van der Waals surface area (Å²) in [5, 5.41) is 10.3. The van der Waals surface area contributed by atoms with E-state index in [-0.39, 0.29) is 0 Å². The summed E-state index contributed by atoms with van der Waals surface area (Å²) in [6.07, 6.45) is 0.244. The Kier molecular flexibility index (Phi) is 4.40. The second-order valence-electron chi connectivity index (χ2n) is 4.70. The van der Waals surface area contributed by atoms with Crippen LogP contribution in [0.25, 0.3) is 0 Å². The van der Waals surface area contributed by atoms with E-state index in [0.29, 0.717) is 6.42 Å². The van der Waals surface area contributed by atoms with Crippen LogP contribution in [0.2, 0.25) is 0 Å². The molecule has 0 heterocycles. The van der Waals surface area contributed by atoms with Crippen molar-refractivity contribution in [3.05, 3.63) is 68.3 Å². The summed E-state index contributed by atoms with van der Waals surface area (Å²) in [5.74, 6) is 0. The zero-order valence-corrected chi connectivity index (χ0v) is 12.8. The van der Waals surface area contributed by atoms with Gasteiger partial charge in [0.05, 0.1) is 6.10 Å². The molecule has 0 amide bonds. The number of aliphatic hydroxyl groups excluding tert-OH is 1. The first kappa shape index (κ1) is 13.6. The summed E-state index contributed by atoms with van der Waals surface area (Å²) < 4.78 is 1.16. The number of halogens is 1. The van der Waals surface area contributed by atoms with Crippen molar-refractivity contribution in [1.82, 2.24) is 0 Å². The number of aryl methyl sites for hydroxylation is 2. The van der Waals surface area contributed by atoms with Crippen molar-refractivity contribution >= 4 is 22.6 Å². The van der Waals surface area contributed by atoms with Crippen molar-refractivity contribution in [3.63, 3.8) is 0 Å². The number of rotatable bonds is 3. The number of hydrogen-bond acceptors (Lipinski definition) is 1. The van der Waals surface area contributed by atoms with E-state index in [2.05, 4.69) is 54.6 Å². The van der Waals surface area contributed by atoms with Crippen molar-refractivity contribution in [2.75, 3.05) is 0 Å². The molecule has 1 atom stereocenters. The highest BCUT2D eigenvalue weighted by Gasteiger charge is 2.10. The summed E-state index contributed by atoms with van der Waals surface area (Å²) in [6.45, 7) is 4.18. The fourth-order valence-electron chi connectivity index (χ4n) is 2.06. The highest BCUT2D eigenvalue weighted by Crippen LogP contribution is 2.22. The van der Waals surface area contributed by atoms with Crippen molar-refractivity contribution in [3.8, 4) is 0 Å². The summed E-state index contributed by atoms with van der Waals surface area (Å²) in [5.41, 5.74) is 4.69. The highest BCUT2D eigenvalue weighted by atomic mass is 127.